The number of amides is 1. The summed E-state index contributed by atoms with van der Waals surface area (Å²) in [6.07, 6.45) is 6.07. The first-order valence-corrected chi connectivity index (χ1v) is 9.17. The minimum Gasteiger partial charge on any atom is -0.352 e. The summed E-state index contributed by atoms with van der Waals surface area (Å²) < 4.78 is 12.9. The molecule has 1 saturated carbocycles. The molecule has 0 aromatic heterocycles. The standard InChI is InChI=1S/C19H28FN3O/c20-17-8-6-16(7-9-17)14-22-10-12-23(13-11-22)15-19(24)21-18-4-2-1-3-5-18/h6-9,18H,1-5,10-15H2,(H,21,24). The fourth-order valence-corrected chi connectivity index (χ4v) is 3.68. The highest BCUT2D eigenvalue weighted by atomic mass is 19.1. The van der Waals surface area contributed by atoms with Crippen LogP contribution in [-0.2, 0) is 11.3 Å². The summed E-state index contributed by atoms with van der Waals surface area (Å²) in [5, 5.41) is 3.19. The van der Waals surface area contributed by atoms with Crippen molar-refractivity contribution in [1.82, 2.24) is 15.1 Å². The van der Waals surface area contributed by atoms with Gasteiger partial charge in [-0.15, -0.1) is 0 Å². The first-order chi connectivity index (χ1) is 11.7. The maximum Gasteiger partial charge on any atom is 0.234 e. The number of benzene rings is 1. The molecule has 2 fully saturated rings. The summed E-state index contributed by atoms with van der Waals surface area (Å²) in [5.41, 5.74) is 1.14. The summed E-state index contributed by atoms with van der Waals surface area (Å²) in [5.74, 6) is -0.0126. The van der Waals surface area contributed by atoms with E-state index in [0.29, 0.717) is 12.6 Å². The lowest BCUT2D eigenvalue weighted by atomic mass is 9.95. The summed E-state index contributed by atoms with van der Waals surface area (Å²) >= 11 is 0. The predicted molar refractivity (Wildman–Crippen MR) is 93.1 cm³/mol. The fraction of sp³-hybridized carbons (Fsp3) is 0.632. The van der Waals surface area contributed by atoms with Crippen molar-refractivity contribution >= 4 is 5.91 Å². The summed E-state index contributed by atoms with van der Waals surface area (Å²) in [4.78, 5) is 16.8. The van der Waals surface area contributed by atoms with Crippen molar-refractivity contribution in [3.63, 3.8) is 0 Å². The second-order valence-corrected chi connectivity index (χ2v) is 7.08. The van der Waals surface area contributed by atoms with Crippen LogP contribution in [0.1, 0.15) is 37.7 Å². The topological polar surface area (TPSA) is 35.6 Å². The number of halogens is 1. The Kier molecular flexibility index (Phi) is 6.21. The van der Waals surface area contributed by atoms with E-state index in [1.807, 2.05) is 12.1 Å². The van der Waals surface area contributed by atoms with Crippen LogP contribution >= 0.6 is 0 Å². The molecular weight excluding hydrogens is 305 g/mol. The number of piperazine rings is 1. The quantitative estimate of drug-likeness (QED) is 0.899. The van der Waals surface area contributed by atoms with Crippen LogP contribution in [0.4, 0.5) is 4.39 Å². The Bertz CT molecular complexity index is 520. The van der Waals surface area contributed by atoms with Gasteiger partial charge in [0, 0.05) is 38.8 Å². The monoisotopic (exact) mass is 333 g/mol. The Morgan fingerprint density at radius 1 is 1.00 bits per heavy atom. The average Bonchev–Trinajstić information content (AvgIpc) is 2.59. The van der Waals surface area contributed by atoms with Crippen LogP contribution in [0.3, 0.4) is 0 Å². The Morgan fingerprint density at radius 3 is 2.29 bits per heavy atom. The minimum absolute atomic E-state index is 0.175. The van der Waals surface area contributed by atoms with E-state index in [0.717, 1.165) is 51.1 Å². The van der Waals surface area contributed by atoms with Gasteiger partial charge in [0.25, 0.3) is 0 Å². The third-order valence-corrected chi connectivity index (χ3v) is 5.12. The van der Waals surface area contributed by atoms with Crippen LogP contribution in [0.25, 0.3) is 0 Å². The second-order valence-electron chi connectivity index (χ2n) is 7.08. The molecule has 24 heavy (non-hydrogen) atoms. The average molecular weight is 333 g/mol. The summed E-state index contributed by atoms with van der Waals surface area (Å²) in [6, 6.07) is 7.12. The molecule has 1 aromatic rings. The fourth-order valence-electron chi connectivity index (χ4n) is 3.68. The van der Waals surface area contributed by atoms with Crippen LogP contribution in [-0.4, -0.2) is 54.5 Å². The molecule has 1 N–H and O–H groups in total. The van der Waals surface area contributed by atoms with Gasteiger partial charge in [0.2, 0.25) is 5.91 Å². The molecular formula is C19H28FN3O. The molecule has 0 atom stereocenters. The third kappa shape index (κ3) is 5.28. The highest BCUT2D eigenvalue weighted by molar-refractivity contribution is 5.78. The lowest BCUT2D eigenvalue weighted by Crippen LogP contribution is -2.50. The number of nitrogens with zero attached hydrogens (tertiary/aromatic N) is 2. The van der Waals surface area contributed by atoms with Crippen molar-refractivity contribution in [1.29, 1.82) is 0 Å². The molecule has 3 rings (SSSR count). The molecule has 0 bridgehead atoms. The smallest absolute Gasteiger partial charge is 0.234 e. The van der Waals surface area contributed by atoms with Crippen LogP contribution in [0.15, 0.2) is 24.3 Å². The minimum atomic E-state index is -0.187. The molecule has 1 aromatic carbocycles. The highest BCUT2D eigenvalue weighted by Crippen LogP contribution is 2.17. The van der Waals surface area contributed by atoms with Crippen LogP contribution < -0.4 is 5.32 Å². The lowest BCUT2D eigenvalue weighted by Gasteiger charge is -2.34. The molecule has 0 radical (unpaired) electrons. The van der Waals surface area contributed by atoms with Crippen molar-refractivity contribution in [2.75, 3.05) is 32.7 Å². The zero-order chi connectivity index (χ0) is 16.8. The van der Waals surface area contributed by atoms with Crippen LogP contribution in [0.5, 0.6) is 0 Å². The Morgan fingerprint density at radius 2 is 1.62 bits per heavy atom. The van der Waals surface area contributed by atoms with Gasteiger partial charge in [-0.25, -0.2) is 4.39 Å². The van der Waals surface area contributed by atoms with E-state index >= 15 is 0 Å². The predicted octanol–water partition coefficient (Wildman–Crippen LogP) is 2.39. The van der Waals surface area contributed by atoms with Gasteiger partial charge >= 0.3 is 0 Å². The molecule has 2 aliphatic rings. The Hall–Kier alpha value is -1.46. The molecule has 1 aliphatic carbocycles. The molecule has 1 heterocycles. The SMILES string of the molecule is O=C(CN1CCN(Cc2ccc(F)cc2)CC1)NC1CCCCC1. The van der Waals surface area contributed by atoms with Crippen molar-refractivity contribution < 1.29 is 9.18 Å². The number of carbonyl (C=O) groups is 1. The number of hydrogen-bond acceptors (Lipinski definition) is 3. The van der Waals surface area contributed by atoms with Crippen molar-refractivity contribution in [2.45, 2.75) is 44.7 Å². The van der Waals surface area contributed by atoms with E-state index < -0.39 is 0 Å². The van der Waals surface area contributed by atoms with Gasteiger partial charge in [-0.05, 0) is 30.5 Å². The van der Waals surface area contributed by atoms with Crippen molar-refractivity contribution in [3.05, 3.63) is 35.6 Å². The molecule has 1 amide bonds. The van der Waals surface area contributed by atoms with E-state index in [2.05, 4.69) is 15.1 Å². The van der Waals surface area contributed by atoms with Gasteiger partial charge < -0.3 is 5.32 Å². The maximum absolute atomic E-state index is 12.9. The van der Waals surface area contributed by atoms with Gasteiger partial charge in [0.15, 0.2) is 0 Å². The van der Waals surface area contributed by atoms with E-state index in [-0.39, 0.29) is 11.7 Å². The molecule has 132 valence electrons. The van der Waals surface area contributed by atoms with Crippen LogP contribution in [0, 0.1) is 5.82 Å². The summed E-state index contributed by atoms with van der Waals surface area (Å²) in [7, 11) is 0. The maximum atomic E-state index is 12.9. The largest absolute Gasteiger partial charge is 0.352 e. The first kappa shape index (κ1) is 17.4. The van der Waals surface area contributed by atoms with E-state index in [9.17, 15) is 9.18 Å². The van der Waals surface area contributed by atoms with Crippen molar-refractivity contribution in [3.8, 4) is 0 Å². The number of rotatable bonds is 5. The van der Waals surface area contributed by atoms with E-state index in [4.69, 9.17) is 0 Å². The van der Waals surface area contributed by atoms with Gasteiger partial charge in [0.1, 0.15) is 5.82 Å². The van der Waals surface area contributed by atoms with Gasteiger partial charge in [-0.1, -0.05) is 31.4 Å². The van der Waals surface area contributed by atoms with Crippen LogP contribution in [0.2, 0.25) is 0 Å². The highest BCUT2D eigenvalue weighted by Gasteiger charge is 2.21. The Balaban J connectivity index is 1.37. The van der Waals surface area contributed by atoms with E-state index in [1.165, 1.54) is 31.4 Å². The van der Waals surface area contributed by atoms with Gasteiger partial charge in [-0.2, -0.15) is 0 Å². The number of carbonyl (C=O) groups excluding carboxylic acids is 1. The first-order valence-electron chi connectivity index (χ1n) is 9.17. The summed E-state index contributed by atoms with van der Waals surface area (Å²) in [6.45, 7) is 5.10. The van der Waals surface area contributed by atoms with Crippen molar-refractivity contribution in [2.24, 2.45) is 0 Å². The second kappa shape index (κ2) is 8.58. The molecule has 1 aliphatic heterocycles. The van der Waals surface area contributed by atoms with Gasteiger partial charge in [0.05, 0.1) is 6.54 Å². The lowest BCUT2D eigenvalue weighted by molar-refractivity contribution is -0.123. The molecule has 1 saturated heterocycles. The molecule has 0 unspecified atom stereocenters. The molecule has 0 spiro atoms. The van der Waals surface area contributed by atoms with E-state index in [1.54, 1.807) is 0 Å². The number of hydrogen-bond donors (Lipinski definition) is 1. The third-order valence-electron chi connectivity index (χ3n) is 5.12. The Labute approximate surface area is 144 Å². The zero-order valence-corrected chi connectivity index (χ0v) is 14.3. The van der Waals surface area contributed by atoms with Gasteiger partial charge in [-0.3, -0.25) is 14.6 Å². The normalized spacial score (nSPS) is 20.9. The zero-order valence-electron chi connectivity index (χ0n) is 14.3. The molecule has 5 heteroatoms. The number of nitrogens with one attached hydrogen (secondary N) is 1. The molecule has 4 nitrogen and oxygen atoms in total.